The monoisotopic (exact) mass is 352 g/mol. The molecule has 5 heteroatoms. The molecule has 1 heterocycles. The van der Waals surface area contributed by atoms with Gasteiger partial charge in [0, 0.05) is 11.1 Å². The van der Waals surface area contributed by atoms with Crippen LogP contribution in [0, 0.1) is 5.82 Å². The summed E-state index contributed by atoms with van der Waals surface area (Å²) in [6, 6.07) is 17.9. The van der Waals surface area contributed by atoms with Crippen LogP contribution in [0.1, 0.15) is 22.1 Å². The van der Waals surface area contributed by atoms with Crippen molar-refractivity contribution in [3.63, 3.8) is 0 Å². The summed E-state index contributed by atoms with van der Waals surface area (Å²) in [5.74, 6) is -0.352. The van der Waals surface area contributed by atoms with Crippen molar-refractivity contribution in [2.75, 3.05) is 10.6 Å². The van der Waals surface area contributed by atoms with Crippen LogP contribution in [0.2, 0.25) is 5.02 Å². The van der Waals surface area contributed by atoms with Crippen LogP contribution in [0.4, 0.5) is 15.8 Å². The molecule has 1 aliphatic heterocycles. The molecule has 0 fully saturated rings. The number of hydrogen-bond acceptors (Lipinski definition) is 3. The Morgan fingerprint density at radius 3 is 2.36 bits per heavy atom. The number of carbonyl (C=O) groups excluding carboxylic acids is 1. The summed E-state index contributed by atoms with van der Waals surface area (Å²) in [7, 11) is 0. The van der Waals surface area contributed by atoms with Gasteiger partial charge in [0.15, 0.2) is 0 Å². The Hall–Kier alpha value is -2.85. The molecule has 0 bridgehead atoms. The molecule has 0 amide bonds. The normalized spacial score (nSPS) is 15.2. The van der Waals surface area contributed by atoms with E-state index in [1.807, 2.05) is 30.3 Å². The van der Waals surface area contributed by atoms with E-state index in [-0.39, 0.29) is 5.82 Å². The van der Waals surface area contributed by atoms with E-state index in [9.17, 15) is 9.18 Å². The first kappa shape index (κ1) is 15.7. The predicted molar refractivity (Wildman–Crippen MR) is 98.7 cm³/mol. The molecule has 3 aromatic rings. The highest BCUT2D eigenvalue weighted by Crippen LogP contribution is 2.40. The van der Waals surface area contributed by atoms with Crippen molar-refractivity contribution in [3.8, 4) is 11.1 Å². The first-order valence-corrected chi connectivity index (χ1v) is 8.20. The zero-order valence-corrected chi connectivity index (χ0v) is 13.8. The second-order valence-electron chi connectivity index (χ2n) is 5.86. The van der Waals surface area contributed by atoms with Gasteiger partial charge in [0.2, 0.25) is 0 Å². The Morgan fingerprint density at radius 2 is 1.64 bits per heavy atom. The van der Waals surface area contributed by atoms with Crippen molar-refractivity contribution in [1.29, 1.82) is 0 Å². The average Bonchev–Trinajstić information content (AvgIpc) is 3.04. The maximum atomic E-state index is 14.1. The van der Waals surface area contributed by atoms with Crippen LogP contribution in [-0.4, -0.2) is 6.29 Å². The lowest BCUT2D eigenvalue weighted by molar-refractivity contribution is 0.112. The van der Waals surface area contributed by atoms with E-state index in [0.717, 1.165) is 28.8 Å². The van der Waals surface area contributed by atoms with E-state index in [1.54, 1.807) is 24.3 Å². The fourth-order valence-electron chi connectivity index (χ4n) is 3.00. The van der Waals surface area contributed by atoms with Gasteiger partial charge >= 0.3 is 0 Å². The number of carbonyl (C=O) groups is 1. The molecule has 0 spiro atoms. The second-order valence-corrected chi connectivity index (χ2v) is 6.26. The molecule has 0 aromatic heterocycles. The van der Waals surface area contributed by atoms with Gasteiger partial charge in [-0.2, -0.15) is 0 Å². The second kappa shape index (κ2) is 6.22. The van der Waals surface area contributed by atoms with Crippen molar-refractivity contribution in [3.05, 3.63) is 82.6 Å². The highest BCUT2D eigenvalue weighted by atomic mass is 35.5. The average molecular weight is 353 g/mol. The lowest BCUT2D eigenvalue weighted by Crippen LogP contribution is -2.14. The topological polar surface area (TPSA) is 41.1 Å². The predicted octanol–water partition coefficient (Wildman–Crippen LogP) is 5.49. The fraction of sp³-hybridized carbons (Fsp3) is 0.0500. The molecule has 124 valence electrons. The molecule has 1 aliphatic rings. The molecule has 1 atom stereocenters. The number of benzene rings is 3. The van der Waals surface area contributed by atoms with Gasteiger partial charge < -0.3 is 10.6 Å². The van der Waals surface area contributed by atoms with Gasteiger partial charge in [-0.05, 0) is 35.4 Å². The van der Waals surface area contributed by atoms with Crippen LogP contribution < -0.4 is 10.6 Å². The zero-order chi connectivity index (χ0) is 17.4. The quantitative estimate of drug-likeness (QED) is 0.612. The zero-order valence-electron chi connectivity index (χ0n) is 13.1. The van der Waals surface area contributed by atoms with E-state index >= 15 is 0 Å². The van der Waals surface area contributed by atoms with Crippen LogP contribution in [-0.2, 0) is 0 Å². The highest BCUT2D eigenvalue weighted by Gasteiger charge is 2.25. The van der Waals surface area contributed by atoms with Gasteiger partial charge in [0.1, 0.15) is 18.3 Å². The third-order valence-corrected chi connectivity index (χ3v) is 4.62. The minimum Gasteiger partial charge on any atom is -0.360 e. The molecule has 3 aromatic carbocycles. The molecule has 0 saturated carbocycles. The Kier molecular flexibility index (Phi) is 3.90. The van der Waals surface area contributed by atoms with Crippen LogP contribution in [0.25, 0.3) is 11.1 Å². The molecule has 2 N–H and O–H groups in total. The number of hydrogen-bond donors (Lipinski definition) is 2. The molecule has 1 unspecified atom stereocenters. The van der Waals surface area contributed by atoms with Crippen molar-refractivity contribution in [2.24, 2.45) is 0 Å². The minimum absolute atomic E-state index is 0.352. The first-order valence-electron chi connectivity index (χ1n) is 7.82. The van der Waals surface area contributed by atoms with Gasteiger partial charge in [-0.3, -0.25) is 4.79 Å². The minimum atomic E-state index is -0.420. The lowest BCUT2D eigenvalue weighted by atomic mass is 10.0. The van der Waals surface area contributed by atoms with E-state index in [1.165, 1.54) is 6.07 Å². The molecular weight excluding hydrogens is 339 g/mol. The summed E-state index contributed by atoms with van der Waals surface area (Å²) >= 11 is 6.16. The van der Waals surface area contributed by atoms with Crippen LogP contribution in [0.15, 0.2) is 60.7 Å². The summed E-state index contributed by atoms with van der Waals surface area (Å²) < 4.78 is 14.1. The smallest absolute Gasteiger partial charge is 0.150 e. The maximum absolute atomic E-state index is 14.1. The van der Waals surface area contributed by atoms with Gasteiger partial charge in [-0.25, -0.2) is 4.39 Å². The Labute approximate surface area is 149 Å². The summed E-state index contributed by atoms with van der Waals surface area (Å²) in [5.41, 5.74) is 4.81. The van der Waals surface area contributed by atoms with Crippen LogP contribution >= 0.6 is 11.6 Å². The number of halogens is 2. The van der Waals surface area contributed by atoms with Crippen LogP contribution in [0.5, 0.6) is 0 Å². The fourth-order valence-corrected chi connectivity index (χ4v) is 3.27. The van der Waals surface area contributed by atoms with E-state index < -0.39 is 6.17 Å². The van der Waals surface area contributed by atoms with Crippen molar-refractivity contribution < 1.29 is 9.18 Å². The molecule has 25 heavy (non-hydrogen) atoms. The van der Waals surface area contributed by atoms with E-state index in [4.69, 9.17) is 11.6 Å². The summed E-state index contributed by atoms with van der Waals surface area (Å²) in [6.45, 7) is 0. The molecule has 3 nitrogen and oxygen atoms in total. The van der Waals surface area contributed by atoms with Gasteiger partial charge in [0.05, 0.1) is 16.4 Å². The summed E-state index contributed by atoms with van der Waals surface area (Å²) in [4.78, 5) is 10.8. The molecule has 0 radical (unpaired) electrons. The van der Waals surface area contributed by atoms with Crippen LogP contribution in [0.3, 0.4) is 0 Å². The number of aldehydes is 1. The highest BCUT2D eigenvalue weighted by molar-refractivity contribution is 6.31. The number of nitrogens with one attached hydrogen (secondary N) is 2. The van der Waals surface area contributed by atoms with E-state index in [2.05, 4.69) is 10.6 Å². The number of anilines is 2. The Balaban J connectivity index is 1.65. The molecule has 4 rings (SSSR count). The number of rotatable bonds is 3. The van der Waals surface area contributed by atoms with Crippen molar-refractivity contribution in [1.82, 2.24) is 0 Å². The van der Waals surface area contributed by atoms with Gasteiger partial charge in [0.25, 0.3) is 0 Å². The Morgan fingerprint density at radius 1 is 0.920 bits per heavy atom. The number of fused-ring (bicyclic) bond motifs is 1. The molecule has 0 saturated heterocycles. The van der Waals surface area contributed by atoms with Crippen molar-refractivity contribution in [2.45, 2.75) is 6.17 Å². The van der Waals surface area contributed by atoms with Gasteiger partial charge in [-0.1, -0.05) is 48.0 Å². The SMILES string of the molecule is O=Cc1ccc(-c2ccc3c(c2)NC(c2c(F)cccc2Cl)N3)cc1. The standard InChI is InChI=1S/C20H14ClFN2O/c21-15-2-1-3-16(22)19(15)20-23-17-9-8-14(10-18(17)24-20)13-6-4-12(11-25)5-7-13/h1-11,20,23-24H. The third kappa shape index (κ3) is 2.85. The van der Waals surface area contributed by atoms with Crippen molar-refractivity contribution >= 4 is 29.3 Å². The third-order valence-electron chi connectivity index (χ3n) is 4.29. The molecule has 0 aliphatic carbocycles. The lowest BCUT2D eigenvalue weighted by Gasteiger charge is -2.15. The largest absolute Gasteiger partial charge is 0.360 e. The molecular formula is C20H14ClFN2O. The summed E-state index contributed by atoms with van der Waals surface area (Å²) in [5, 5.41) is 6.90. The first-order chi connectivity index (χ1) is 12.2. The van der Waals surface area contributed by atoms with E-state index in [0.29, 0.717) is 16.1 Å². The van der Waals surface area contributed by atoms with Gasteiger partial charge in [-0.15, -0.1) is 0 Å². The summed E-state index contributed by atoms with van der Waals surface area (Å²) in [6.07, 6.45) is 0.400. The Bertz CT molecular complexity index is 936. The maximum Gasteiger partial charge on any atom is 0.150 e.